The second kappa shape index (κ2) is 8.58. The number of ketones is 1. The molecule has 1 unspecified atom stereocenters. The maximum absolute atomic E-state index is 12.7. The number of aliphatic hydroxyl groups is 2. The molecule has 0 aromatic rings. The van der Waals surface area contributed by atoms with Crippen LogP contribution in [0.4, 0.5) is 0 Å². The van der Waals surface area contributed by atoms with Crippen molar-refractivity contribution in [3.63, 3.8) is 0 Å². The van der Waals surface area contributed by atoms with E-state index in [0.717, 1.165) is 63.7 Å². The molecule has 0 bridgehead atoms. The first-order chi connectivity index (χ1) is 14.4. The third kappa shape index (κ3) is 3.56. The van der Waals surface area contributed by atoms with Gasteiger partial charge in [-0.15, -0.1) is 12.4 Å². The third-order valence-electron chi connectivity index (χ3n) is 10.1. The van der Waals surface area contributed by atoms with Gasteiger partial charge in [0.2, 0.25) is 0 Å². The molecule has 31 heavy (non-hydrogen) atoms. The Bertz CT molecular complexity index is 726. The van der Waals surface area contributed by atoms with Crippen molar-refractivity contribution in [3.8, 4) is 0 Å². The van der Waals surface area contributed by atoms with Crippen LogP contribution in [0, 0.1) is 40.4 Å². The quantitative estimate of drug-likeness (QED) is 0.570. The Labute approximate surface area is 192 Å². The summed E-state index contributed by atoms with van der Waals surface area (Å²) >= 11 is 0. The molecule has 5 fully saturated rings. The Morgan fingerprint density at radius 3 is 2.65 bits per heavy atom. The highest BCUT2D eigenvalue weighted by atomic mass is 35.5. The van der Waals surface area contributed by atoms with Crippen LogP contribution in [0.3, 0.4) is 0 Å². The predicted octanol–water partition coefficient (Wildman–Crippen LogP) is 2.94. The maximum Gasteiger partial charge on any atom is 0.141 e. The fourth-order valence-corrected chi connectivity index (χ4v) is 8.21. The lowest BCUT2D eigenvalue weighted by atomic mass is 9.42. The van der Waals surface area contributed by atoms with E-state index in [-0.39, 0.29) is 59.6 Å². The molecule has 0 aromatic heterocycles. The fourth-order valence-electron chi connectivity index (χ4n) is 8.21. The van der Waals surface area contributed by atoms with Gasteiger partial charge in [0, 0.05) is 37.3 Å². The zero-order chi connectivity index (χ0) is 21.1. The minimum Gasteiger partial charge on any atom is -0.396 e. The summed E-state index contributed by atoms with van der Waals surface area (Å²) < 4.78 is 0. The Kier molecular flexibility index (Phi) is 6.50. The number of rotatable bonds is 3. The molecule has 4 saturated carbocycles. The summed E-state index contributed by atoms with van der Waals surface area (Å²) in [6.45, 7) is 6.38. The predicted molar refractivity (Wildman–Crippen MR) is 121 cm³/mol. The normalized spacial score (nSPS) is 50.4. The number of carbonyl (C=O) groups is 1. The van der Waals surface area contributed by atoms with Gasteiger partial charge in [0.15, 0.2) is 0 Å². The van der Waals surface area contributed by atoms with Crippen molar-refractivity contribution in [2.24, 2.45) is 45.6 Å². The maximum atomic E-state index is 12.7. The van der Waals surface area contributed by atoms with Crippen molar-refractivity contribution in [2.45, 2.75) is 77.4 Å². The molecule has 3 N–H and O–H groups in total. The molecule has 9 atom stereocenters. The van der Waals surface area contributed by atoms with Crippen LogP contribution < -0.4 is 5.32 Å². The number of hydrogen-bond donors (Lipinski definition) is 3. The Morgan fingerprint density at radius 1 is 1.13 bits per heavy atom. The Morgan fingerprint density at radius 2 is 1.94 bits per heavy atom. The van der Waals surface area contributed by atoms with Gasteiger partial charge in [-0.2, -0.15) is 0 Å². The van der Waals surface area contributed by atoms with Crippen molar-refractivity contribution in [3.05, 3.63) is 0 Å². The van der Waals surface area contributed by atoms with E-state index in [9.17, 15) is 15.0 Å². The van der Waals surface area contributed by atoms with Crippen LogP contribution in [0.15, 0.2) is 5.16 Å². The number of hydrogen-bond acceptors (Lipinski definition) is 6. The van der Waals surface area contributed by atoms with E-state index in [1.165, 1.54) is 0 Å². The number of Topliss-reactive ketones (excluding diaryl/α,β-unsaturated/α-hetero) is 1. The van der Waals surface area contributed by atoms with Crippen LogP contribution in [-0.4, -0.2) is 53.6 Å². The van der Waals surface area contributed by atoms with Gasteiger partial charge in [-0.05, 0) is 74.2 Å². The lowest BCUT2D eigenvalue weighted by molar-refractivity contribution is -0.188. The van der Waals surface area contributed by atoms with Crippen LogP contribution in [0.5, 0.6) is 0 Å². The summed E-state index contributed by atoms with van der Waals surface area (Å²) in [7, 11) is 0. The highest BCUT2D eigenvalue weighted by molar-refractivity contribution is 5.87. The number of aliphatic hydroxyl groups excluding tert-OH is 2. The first-order valence-electron chi connectivity index (χ1n) is 12.1. The van der Waals surface area contributed by atoms with E-state index in [0.29, 0.717) is 18.1 Å². The van der Waals surface area contributed by atoms with E-state index in [1.807, 2.05) is 0 Å². The van der Waals surface area contributed by atoms with Crippen LogP contribution in [0.2, 0.25) is 0 Å². The number of nitrogens with zero attached hydrogens (tertiary/aromatic N) is 1. The molecule has 7 heteroatoms. The Hall–Kier alpha value is -0.690. The first-order valence-corrected chi connectivity index (χ1v) is 12.1. The molecular formula is C24H39ClN2O4. The molecule has 0 spiro atoms. The molecule has 0 aromatic carbocycles. The zero-order valence-electron chi connectivity index (χ0n) is 18.9. The van der Waals surface area contributed by atoms with Gasteiger partial charge in [0.05, 0.1) is 11.8 Å². The standard InChI is InChI=1S/C24H38N2O4.ClH/c1-23-8-5-14(26-30-15-7-10-25-12-15)11-19(23)16(13-27)22(29)21-17-3-4-20(28)24(17,2)9-6-18(21)23;/h15-19,21-22,25,27,29H,3-13H2,1-2H3;1H/b26-14+;/t15-,16+,17-,18-,19?,21-,22+,23+,24-;/m0./s1. The first kappa shape index (κ1) is 23.5. The topological polar surface area (TPSA) is 91.2 Å². The molecule has 5 rings (SSSR count). The highest BCUT2D eigenvalue weighted by Crippen LogP contribution is 2.66. The van der Waals surface area contributed by atoms with Crippen LogP contribution >= 0.6 is 12.4 Å². The van der Waals surface area contributed by atoms with Gasteiger partial charge in [0.1, 0.15) is 11.9 Å². The van der Waals surface area contributed by atoms with Gasteiger partial charge in [-0.3, -0.25) is 4.79 Å². The summed E-state index contributed by atoms with van der Waals surface area (Å²) in [6.07, 6.45) is 6.94. The molecule has 6 nitrogen and oxygen atoms in total. The van der Waals surface area contributed by atoms with E-state index < -0.39 is 6.10 Å². The molecule has 1 heterocycles. The monoisotopic (exact) mass is 454 g/mol. The number of fused-ring (bicyclic) bond motifs is 5. The SMILES string of the molecule is C[C@]12CC/C(=N\O[C@H]3CCNC3)CC1[C@@H](CO)[C@@H](O)[C@@H]1[C@@H]2CC[C@]2(C)C(=O)CC[C@@H]12.Cl. The van der Waals surface area contributed by atoms with Crippen molar-refractivity contribution in [1.82, 2.24) is 5.32 Å². The van der Waals surface area contributed by atoms with Crippen LogP contribution in [-0.2, 0) is 9.63 Å². The van der Waals surface area contributed by atoms with Gasteiger partial charge in [-0.25, -0.2) is 0 Å². The minimum atomic E-state index is -0.534. The summed E-state index contributed by atoms with van der Waals surface area (Å²) in [5.74, 6) is 1.28. The lowest BCUT2D eigenvalue weighted by Crippen LogP contribution is -2.62. The number of carbonyl (C=O) groups excluding carboxylic acids is 1. The van der Waals surface area contributed by atoms with E-state index >= 15 is 0 Å². The molecular weight excluding hydrogens is 416 g/mol. The summed E-state index contributed by atoms with van der Waals surface area (Å²) in [5.41, 5.74) is 0.902. The van der Waals surface area contributed by atoms with Crippen molar-refractivity contribution in [1.29, 1.82) is 0 Å². The van der Waals surface area contributed by atoms with Crippen LogP contribution in [0.25, 0.3) is 0 Å². The van der Waals surface area contributed by atoms with Crippen molar-refractivity contribution >= 4 is 23.9 Å². The number of nitrogens with one attached hydrogen (secondary N) is 1. The molecule has 5 aliphatic rings. The fraction of sp³-hybridized carbons (Fsp3) is 0.917. The van der Waals surface area contributed by atoms with Gasteiger partial charge in [0.25, 0.3) is 0 Å². The third-order valence-corrected chi connectivity index (χ3v) is 10.1. The zero-order valence-corrected chi connectivity index (χ0v) is 19.7. The molecule has 0 amide bonds. The molecule has 176 valence electrons. The minimum absolute atomic E-state index is 0. The smallest absolute Gasteiger partial charge is 0.141 e. The second-order valence-corrected chi connectivity index (χ2v) is 11.2. The average Bonchev–Trinajstić information content (AvgIpc) is 3.36. The van der Waals surface area contributed by atoms with E-state index in [1.54, 1.807) is 0 Å². The van der Waals surface area contributed by atoms with Crippen LogP contribution in [0.1, 0.15) is 65.2 Å². The summed E-state index contributed by atoms with van der Waals surface area (Å²) in [4.78, 5) is 18.5. The largest absolute Gasteiger partial charge is 0.396 e. The van der Waals surface area contributed by atoms with Crippen molar-refractivity contribution in [2.75, 3.05) is 19.7 Å². The molecule has 4 aliphatic carbocycles. The highest BCUT2D eigenvalue weighted by Gasteiger charge is 2.64. The van der Waals surface area contributed by atoms with Gasteiger partial charge >= 0.3 is 0 Å². The lowest BCUT2D eigenvalue weighted by Gasteiger charge is -2.63. The molecule has 1 saturated heterocycles. The average molecular weight is 455 g/mol. The van der Waals surface area contributed by atoms with Crippen molar-refractivity contribution < 1.29 is 19.8 Å². The van der Waals surface area contributed by atoms with Gasteiger partial charge < -0.3 is 20.4 Å². The Balaban J connectivity index is 0.00000231. The second-order valence-electron chi connectivity index (χ2n) is 11.2. The molecule has 0 radical (unpaired) electrons. The number of halogens is 1. The van der Waals surface area contributed by atoms with E-state index in [4.69, 9.17) is 4.84 Å². The number of oxime groups is 1. The van der Waals surface area contributed by atoms with E-state index in [2.05, 4.69) is 24.3 Å². The summed E-state index contributed by atoms with van der Waals surface area (Å²) in [6, 6.07) is 0. The molecule has 1 aliphatic heterocycles. The van der Waals surface area contributed by atoms with Gasteiger partial charge in [-0.1, -0.05) is 19.0 Å². The summed E-state index contributed by atoms with van der Waals surface area (Å²) in [5, 5.41) is 29.7.